The maximum Gasteiger partial charge on any atom is 0.274 e. The highest BCUT2D eigenvalue weighted by molar-refractivity contribution is 5.93. The third-order valence-electron chi connectivity index (χ3n) is 4.24. The van der Waals surface area contributed by atoms with E-state index in [0.29, 0.717) is 12.1 Å². The minimum atomic E-state index is -0.689. The molecule has 132 valence electrons. The van der Waals surface area contributed by atoms with Crippen LogP contribution in [0.5, 0.6) is 5.75 Å². The topological polar surface area (TPSA) is 98.7 Å². The fourth-order valence-electron chi connectivity index (χ4n) is 2.68. The van der Waals surface area contributed by atoms with E-state index in [9.17, 15) is 14.9 Å². The summed E-state index contributed by atoms with van der Waals surface area (Å²) in [4.78, 5) is 24.1. The van der Waals surface area contributed by atoms with Crippen LogP contribution in [0.2, 0.25) is 0 Å². The van der Waals surface area contributed by atoms with Gasteiger partial charge >= 0.3 is 0 Å². The molecule has 2 N–H and O–H groups in total. The molecule has 0 saturated carbocycles. The van der Waals surface area contributed by atoms with Crippen LogP contribution in [0, 0.1) is 10.1 Å². The second kappa shape index (κ2) is 7.76. The van der Waals surface area contributed by atoms with Crippen LogP contribution in [0.15, 0.2) is 42.5 Å². The number of primary amides is 1. The molecule has 25 heavy (non-hydrogen) atoms. The second-order valence-electron chi connectivity index (χ2n) is 5.80. The third kappa shape index (κ3) is 4.13. The van der Waals surface area contributed by atoms with Gasteiger partial charge in [0.15, 0.2) is 0 Å². The summed E-state index contributed by atoms with van der Waals surface area (Å²) in [5, 5.41) is 11.3. The molecule has 0 spiro atoms. The third-order valence-corrected chi connectivity index (χ3v) is 4.24. The molecular formula is C18H21N3O4. The lowest BCUT2D eigenvalue weighted by molar-refractivity contribution is -0.385. The molecule has 0 saturated heterocycles. The van der Waals surface area contributed by atoms with E-state index in [0.717, 1.165) is 11.3 Å². The Morgan fingerprint density at radius 3 is 2.60 bits per heavy atom. The van der Waals surface area contributed by atoms with Crippen molar-refractivity contribution in [3.05, 3.63) is 69.3 Å². The van der Waals surface area contributed by atoms with E-state index in [1.54, 1.807) is 13.2 Å². The van der Waals surface area contributed by atoms with Crippen molar-refractivity contribution in [2.45, 2.75) is 19.5 Å². The van der Waals surface area contributed by atoms with Gasteiger partial charge in [0.05, 0.1) is 12.0 Å². The number of amides is 1. The molecule has 1 amide bonds. The van der Waals surface area contributed by atoms with E-state index < -0.39 is 10.8 Å². The number of carbonyl (C=O) groups excluding carboxylic acids is 1. The van der Waals surface area contributed by atoms with E-state index in [1.807, 2.05) is 43.1 Å². The van der Waals surface area contributed by atoms with Gasteiger partial charge in [0.2, 0.25) is 5.91 Å². The average molecular weight is 343 g/mol. The van der Waals surface area contributed by atoms with Gasteiger partial charge in [-0.1, -0.05) is 24.3 Å². The first-order chi connectivity index (χ1) is 11.8. The molecule has 0 aliphatic heterocycles. The molecule has 0 fully saturated rings. The number of nitrogens with two attached hydrogens (primary N) is 1. The zero-order chi connectivity index (χ0) is 18.6. The van der Waals surface area contributed by atoms with Crippen LogP contribution in [0.25, 0.3) is 0 Å². The Balaban J connectivity index is 2.29. The first kappa shape index (κ1) is 18.4. The molecule has 0 aliphatic rings. The lowest BCUT2D eigenvalue weighted by Crippen LogP contribution is -2.23. The summed E-state index contributed by atoms with van der Waals surface area (Å²) in [5.74, 6) is 0.0748. The van der Waals surface area contributed by atoms with Gasteiger partial charge in [0, 0.05) is 35.3 Å². The minimum Gasteiger partial charge on any atom is -0.496 e. The van der Waals surface area contributed by atoms with Gasteiger partial charge < -0.3 is 10.5 Å². The summed E-state index contributed by atoms with van der Waals surface area (Å²) in [6, 6.07) is 11.9. The van der Waals surface area contributed by atoms with Gasteiger partial charge in [0.1, 0.15) is 5.75 Å². The maximum atomic E-state index is 11.3. The van der Waals surface area contributed by atoms with Gasteiger partial charge in [-0.25, -0.2) is 0 Å². The Morgan fingerprint density at radius 1 is 1.32 bits per heavy atom. The number of hydrogen-bond acceptors (Lipinski definition) is 5. The monoisotopic (exact) mass is 343 g/mol. The molecule has 0 radical (unpaired) electrons. The van der Waals surface area contributed by atoms with Crippen molar-refractivity contribution >= 4 is 11.6 Å². The zero-order valence-corrected chi connectivity index (χ0v) is 14.4. The van der Waals surface area contributed by atoms with Crippen molar-refractivity contribution in [2.75, 3.05) is 14.2 Å². The predicted octanol–water partition coefficient (Wildman–Crippen LogP) is 2.90. The number of rotatable bonds is 7. The van der Waals surface area contributed by atoms with Gasteiger partial charge in [-0.2, -0.15) is 0 Å². The fraction of sp³-hybridized carbons (Fsp3) is 0.278. The molecular weight excluding hydrogens is 322 g/mol. The smallest absolute Gasteiger partial charge is 0.274 e. The lowest BCUT2D eigenvalue weighted by atomic mass is 10.0. The number of nitro benzene ring substituents is 1. The Kier molecular flexibility index (Phi) is 5.71. The van der Waals surface area contributed by atoms with Crippen molar-refractivity contribution in [1.82, 2.24) is 4.90 Å². The van der Waals surface area contributed by atoms with Crippen LogP contribution in [-0.2, 0) is 6.54 Å². The van der Waals surface area contributed by atoms with Crippen molar-refractivity contribution < 1.29 is 14.5 Å². The van der Waals surface area contributed by atoms with Crippen LogP contribution in [0.4, 0.5) is 5.69 Å². The second-order valence-corrected chi connectivity index (χ2v) is 5.80. The highest BCUT2D eigenvalue weighted by Crippen LogP contribution is 2.30. The highest BCUT2D eigenvalue weighted by Gasteiger charge is 2.21. The quantitative estimate of drug-likeness (QED) is 0.615. The largest absolute Gasteiger partial charge is 0.496 e. The minimum absolute atomic E-state index is 0.0217. The molecule has 0 aliphatic carbocycles. The Bertz CT molecular complexity index is 792. The van der Waals surface area contributed by atoms with Crippen molar-refractivity contribution in [3.63, 3.8) is 0 Å². The number of hydrogen-bond donors (Lipinski definition) is 1. The summed E-state index contributed by atoms with van der Waals surface area (Å²) >= 11 is 0. The number of methoxy groups -OCH3 is 1. The standard InChI is InChI=1S/C18H21N3O4/c1-12(15-6-4-5-7-17(15)25-3)20(2)11-14-9-8-13(18(19)22)10-16(14)21(23)24/h4-10,12H,11H2,1-3H3,(H2,19,22)/t12-/m0/s1. The SMILES string of the molecule is COc1ccccc1[C@H](C)N(C)Cc1ccc(C(N)=O)cc1[N+](=O)[O-]. The number of carbonyl (C=O) groups is 1. The first-order valence-corrected chi connectivity index (χ1v) is 7.75. The van der Waals surface area contributed by atoms with E-state index in [-0.39, 0.29) is 17.3 Å². The molecule has 7 nitrogen and oxygen atoms in total. The van der Waals surface area contributed by atoms with Crippen LogP contribution >= 0.6 is 0 Å². The molecule has 2 rings (SSSR count). The van der Waals surface area contributed by atoms with Crippen LogP contribution in [0.1, 0.15) is 34.5 Å². The van der Waals surface area contributed by atoms with Gasteiger partial charge in [0.25, 0.3) is 5.69 Å². The van der Waals surface area contributed by atoms with Crippen molar-refractivity contribution in [2.24, 2.45) is 5.73 Å². The number of benzene rings is 2. The van der Waals surface area contributed by atoms with Gasteiger partial charge in [-0.3, -0.25) is 19.8 Å². The molecule has 0 aromatic heterocycles. The van der Waals surface area contributed by atoms with Crippen LogP contribution in [0.3, 0.4) is 0 Å². The molecule has 0 unspecified atom stereocenters. The zero-order valence-electron chi connectivity index (χ0n) is 14.4. The lowest BCUT2D eigenvalue weighted by Gasteiger charge is -2.26. The normalized spacial score (nSPS) is 12.0. The summed E-state index contributed by atoms with van der Waals surface area (Å²) in [5.41, 5.74) is 6.71. The predicted molar refractivity (Wildman–Crippen MR) is 94.5 cm³/mol. The van der Waals surface area contributed by atoms with E-state index in [2.05, 4.69) is 0 Å². The van der Waals surface area contributed by atoms with Gasteiger partial charge in [-0.15, -0.1) is 0 Å². The molecule has 7 heteroatoms. The molecule has 2 aromatic carbocycles. The van der Waals surface area contributed by atoms with Crippen molar-refractivity contribution in [3.8, 4) is 5.75 Å². The summed E-state index contributed by atoms with van der Waals surface area (Å²) in [7, 11) is 3.49. The molecule has 0 bridgehead atoms. The summed E-state index contributed by atoms with van der Waals surface area (Å²) in [6.45, 7) is 2.34. The molecule has 2 aromatic rings. The molecule has 1 atom stereocenters. The van der Waals surface area contributed by atoms with E-state index >= 15 is 0 Å². The number of para-hydroxylation sites is 1. The first-order valence-electron chi connectivity index (χ1n) is 7.75. The Labute approximate surface area is 146 Å². The Morgan fingerprint density at radius 2 is 2.00 bits per heavy atom. The average Bonchev–Trinajstić information content (AvgIpc) is 2.60. The van der Waals surface area contributed by atoms with Crippen LogP contribution in [-0.4, -0.2) is 29.9 Å². The van der Waals surface area contributed by atoms with E-state index in [1.165, 1.54) is 12.1 Å². The van der Waals surface area contributed by atoms with Gasteiger partial charge in [-0.05, 0) is 26.1 Å². The maximum absolute atomic E-state index is 11.3. The number of nitrogens with zero attached hydrogens (tertiary/aromatic N) is 2. The summed E-state index contributed by atoms with van der Waals surface area (Å²) < 4.78 is 5.38. The number of nitro groups is 1. The Hall–Kier alpha value is -2.93. The van der Waals surface area contributed by atoms with Crippen molar-refractivity contribution in [1.29, 1.82) is 0 Å². The fourth-order valence-corrected chi connectivity index (χ4v) is 2.68. The molecule has 0 heterocycles. The number of ether oxygens (including phenoxy) is 1. The van der Waals surface area contributed by atoms with E-state index in [4.69, 9.17) is 10.5 Å². The van der Waals surface area contributed by atoms with Crippen LogP contribution < -0.4 is 10.5 Å². The highest BCUT2D eigenvalue weighted by atomic mass is 16.6. The summed E-state index contributed by atoms with van der Waals surface area (Å²) in [6.07, 6.45) is 0.